The lowest BCUT2D eigenvalue weighted by atomic mass is 9.89. The number of aromatic nitrogens is 1. The molecule has 20 heavy (non-hydrogen) atoms. The normalized spacial score (nSPS) is 30.2. The molecule has 3 rings (SSSR count). The molecule has 1 amide bonds. The Bertz CT molecular complexity index is 463. The van der Waals surface area contributed by atoms with Gasteiger partial charge in [0.2, 0.25) is 5.91 Å². The number of hydrogen-bond acceptors (Lipinski definition) is 5. The van der Waals surface area contributed by atoms with Crippen LogP contribution in [0, 0.1) is 5.92 Å². The predicted molar refractivity (Wildman–Crippen MR) is 77.5 cm³/mol. The standard InChI is InChI=1S/C14H21N3O2S/c1-16(2)14(18)10-7-12-11(3-5-19-12)17(8-10)9-13-15-4-6-20-13/h4,6,10-12H,3,5,7-9H2,1-2H3/t10-,11+,12+/m0/s1. The highest BCUT2D eigenvalue weighted by Crippen LogP contribution is 2.33. The minimum atomic E-state index is 0.0457. The molecule has 1 aromatic heterocycles. The summed E-state index contributed by atoms with van der Waals surface area (Å²) in [4.78, 5) is 20.7. The average molecular weight is 295 g/mol. The number of hydrogen-bond donors (Lipinski definition) is 0. The lowest BCUT2D eigenvalue weighted by Gasteiger charge is -2.40. The van der Waals surface area contributed by atoms with Crippen molar-refractivity contribution in [3.8, 4) is 0 Å². The van der Waals surface area contributed by atoms with Gasteiger partial charge in [-0.2, -0.15) is 0 Å². The second-order valence-electron chi connectivity index (χ2n) is 5.79. The summed E-state index contributed by atoms with van der Waals surface area (Å²) in [6.45, 7) is 2.47. The first-order chi connectivity index (χ1) is 9.65. The van der Waals surface area contributed by atoms with Gasteiger partial charge in [-0.1, -0.05) is 0 Å². The van der Waals surface area contributed by atoms with Crippen molar-refractivity contribution in [3.63, 3.8) is 0 Å². The zero-order valence-electron chi connectivity index (χ0n) is 12.0. The maximum atomic E-state index is 12.3. The smallest absolute Gasteiger partial charge is 0.226 e. The first-order valence-corrected chi connectivity index (χ1v) is 7.98. The minimum absolute atomic E-state index is 0.0457. The summed E-state index contributed by atoms with van der Waals surface area (Å²) in [7, 11) is 3.66. The topological polar surface area (TPSA) is 45.7 Å². The van der Waals surface area contributed by atoms with Crippen molar-refractivity contribution in [2.24, 2.45) is 5.92 Å². The summed E-state index contributed by atoms with van der Waals surface area (Å²) < 4.78 is 5.84. The number of thiazole rings is 1. The third-order valence-electron chi connectivity index (χ3n) is 4.23. The van der Waals surface area contributed by atoms with E-state index in [4.69, 9.17) is 4.74 Å². The quantitative estimate of drug-likeness (QED) is 0.841. The van der Waals surface area contributed by atoms with Crippen LogP contribution in [0.5, 0.6) is 0 Å². The van der Waals surface area contributed by atoms with Gasteiger partial charge >= 0.3 is 0 Å². The molecule has 0 aliphatic carbocycles. The number of nitrogens with zero attached hydrogens (tertiary/aromatic N) is 3. The molecule has 110 valence electrons. The zero-order valence-corrected chi connectivity index (χ0v) is 12.8. The van der Waals surface area contributed by atoms with E-state index < -0.39 is 0 Å². The van der Waals surface area contributed by atoms with Crippen LogP contribution in [0.4, 0.5) is 0 Å². The highest BCUT2D eigenvalue weighted by Gasteiger charge is 2.42. The van der Waals surface area contributed by atoms with Crippen LogP contribution in [-0.4, -0.2) is 60.1 Å². The van der Waals surface area contributed by atoms with E-state index in [0.717, 1.165) is 37.5 Å². The monoisotopic (exact) mass is 295 g/mol. The van der Waals surface area contributed by atoms with Crippen LogP contribution in [0.15, 0.2) is 11.6 Å². The number of ether oxygens (including phenoxy) is 1. The molecular formula is C14H21N3O2S. The second kappa shape index (κ2) is 5.79. The molecule has 2 aliphatic rings. The van der Waals surface area contributed by atoms with Gasteiger partial charge in [0.1, 0.15) is 5.01 Å². The van der Waals surface area contributed by atoms with Crippen molar-refractivity contribution in [3.05, 3.63) is 16.6 Å². The molecule has 0 radical (unpaired) electrons. The third kappa shape index (κ3) is 2.73. The van der Waals surface area contributed by atoms with Crippen molar-refractivity contribution in [1.82, 2.24) is 14.8 Å². The Morgan fingerprint density at radius 1 is 1.60 bits per heavy atom. The van der Waals surface area contributed by atoms with Gasteiger partial charge in [-0.05, 0) is 12.8 Å². The Balaban J connectivity index is 1.74. The van der Waals surface area contributed by atoms with E-state index >= 15 is 0 Å². The lowest BCUT2D eigenvalue weighted by Crippen LogP contribution is -2.52. The minimum Gasteiger partial charge on any atom is -0.377 e. The van der Waals surface area contributed by atoms with Crippen LogP contribution >= 0.6 is 11.3 Å². The Hall–Kier alpha value is -0.980. The molecule has 5 nitrogen and oxygen atoms in total. The van der Waals surface area contributed by atoms with Crippen LogP contribution in [0.1, 0.15) is 17.8 Å². The number of likely N-dealkylation sites (tertiary alicyclic amines) is 1. The molecule has 2 fully saturated rings. The summed E-state index contributed by atoms with van der Waals surface area (Å²) in [5, 5.41) is 3.12. The summed E-state index contributed by atoms with van der Waals surface area (Å²) in [6.07, 6.45) is 3.97. The predicted octanol–water partition coefficient (Wildman–Crippen LogP) is 1.21. The van der Waals surface area contributed by atoms with E-state index in [-0.39, 0.29) is 17.9 Å². The van der Waals surface area contributed by atoms with Gasteiger partial charge in [0.25, 0.3) is 0 Å². The van der Waals surface area contributed by atoms with Crippen molar-refractivity contribution in [1.29, 1.82) is 0 Å². The van der Waals surface area contributed by atoms with E-state index in [9.17, 15) is 4.79 Å². The van der Waals surface area contributed by atoms with Crippen LogP contribution in [-0.2, 0) is 16.1 Å². The molecule has 0 N–H and O–H groups in total. The van der Waals surface area contributed by atoms with Gasteiger partial charge in [-0.15, -0.1) is 11.3 Å². The summed E-state index contributed by atoms with van der Waals surface area (Å²) in [5.74, 6) is 0.257. The van der Waals surface area contributed by atoms with Gasteiger partial charge in [0, 0.05) is 44.9 Å². The fourth-order valence-corrected chi connectivity index (χ4v) is 3.92. The van der Waals surface area contributed by atoms with Crippen molar-refractivity contribution >= 4 is 17.2 Å². The van der Waals surface area contributed by atoms with Gasteiger partial charge in [-0.3, -0.25) is 9.69 Å². The van der Waals surface area contributed by atoms with Crippen molar-refractivity contribution in [2.75, 3.05) is 27.2 Å². The second-order valence-corrected chi connectivity index (χ2v) is 6.76. The molecule has 0 spiro atoms. The van der Waals surface area contributed by atoms with Crippen LogP contribution < -0.4 is 0 Å². The van der Waals surface area contributed by atoms with E-state index in [2.05, 4.69) is 9.88 Å². The molecule has 2 saturated heterocycles. The van der Waals surface area contributed by atoms with Gasteiger partial charge in [-0.25, -0.2) is 4.98 Å². The molecular weight excluding hydrogens is 274 g/mol. The highest BCUT2D eigenvalue weighted by atomic mass is 32.1. The van der Waals surface area contributed by atoms with Crippen LogP contribution in [0.3, 0.4) is 0 Å². The Labute approximate surface area is 123 Å². The maximum Gasteiger partial charge on any atom is 0.226 e. The number of carbonyl (C=O) groups excluding carboxylic acids is 1. The fourth-order valence-electron chi connectivity index (χ4n) is 3.28. The molecule has 6 heteroatoms. The zero-order chi connectivity index (χ0) is 14.1. The number of piperidine rings is 1. The average Bonchev–Trinajstić information content (AvgIpc) is 3.07. The number of amides is 1. The van der Waals surface area contributed by atoms with E-state index in [1.54, 1.807) is 16.2 Å². The van der Waals surface area contributed by atoms with Gasteiger partial charge in [0.15, 0.2) is 0 Å². The summed E-state index contributed by atoms with van der Waals surface area (Å²) >= 11 is 1.68. The third-order valence-corrected chi connectivity index (χ3v) is 4.99. The first kappa shape index (κ1) is 14.0. The SMILES string of the molecule is CN(C)C(=O)[C@H]1C[C@H]2OCC[C@H]2N(Cc2nccs2)C1. The van der Waals surface area contributed by atoms with Crippen LogP contribution in [0.2, 0.25) is 0 Å². The molecule has 0 bridgehead atoms. The molecule has 3 heterocycles. The number of carbonyl (C=O) groups is 1. The van der Waals surface area contributed by atoms with Gasteiger partial charge in [0.05, 0.1) is 18.6 Å². The largest absolute Gasteiger partial charge is 0.377 e. The lowest BCUT2D eigenvalue weighted by molar-refractivity contribution is -0.137. The van der Waals surface area contributed by atoms with E-state index in [0.29, 0.717) is 6.04 Å². The summed E-state index contributed by atoms with van der Waals surface area (Å²) in [5.41, 5.74) is 0. The molecule has 3 atom stereocenters. The van der Waals surface area contributed by atoms with E-state index in [1.165, 1.54) is 0 Å². The molecule has 0 unspecified atom stereocenters. The fraction of sp³-hybridized carbons (Fsp3) is 0.714. The van der Waals surface area contributed by atoms with Crippen molar-refractivity contribution < 1.29 is 9.53 Å². The number of rotatable bonds is 3. The molecule has 0 aromatic carbocycles. The Morgan fingerprint density at radius 3 is 3.15 bits per heavy atom. The van der Waals surface area contributed by atoms with E-state index in [1.807, 2.05) is 25.7 Å². The molecule has 1 aromatic rings. The summed E-state index contributed by atoms with van der Waals surface area (Å²) in [6, 6.07) is 0.449. The molecule has 2 aliphatic heterocycles. The first-order valence-electron chi connectivity index (χ1n) is 7.10. The Kier molecular flexibility index (Phi) is 4.05. The maximum absolute atomic E-state index is 12.3. The number of fused-ring (bicyclic) bond motifs is 1. The highest BCUT2D eigenvalue weighted by molar-refractivity contribution is 7.09. The van der Waals surface area contributed by atoms with Gasteiger partial charge < -0.3 is 9.64 Å². The molecule has 0 saturated carbocycles. The Morgan fingerprint density at radius 2 is 2.45 bits per heavy atom. The van der Waals surface area contributed by atoms with Crippen molar-refractivity contribution in [2.45, 2.75) is 31.5 Å². The van der Waals surface area contributed by atoms with Crippen LogP contribution in [0.25, 0.3) is 0 Å².